The molecule has 34 heavy (non-hydrogen) atoms. The van der Waals surface area contributed by atoms with Crippen LogP contribution in [0.25, 0.3) is 0 Å². The molecule has 196 valence electrons. The summed E-state index contributed by atoms with van der Waals surface area (Å²) in [6.07, 6.45) is 0.493. The number of carboxylic acids is 1. The summed E-state index contributed by atoms with van der Waals surface area (Å²) in [7, 11) is 0. The van der Waals surface area contributed by atoms with Crippen molar-refractivity contribution in [2.24, 2.45) is 27.9 Å². The van der Waals surface area contributed by atoms with Gasteiger partial charge in [-0.25, -0.2) is 4.79 Å². The molecule has 15 heteroatoms. The minimum absolute atomic E-state index is 0.0833. The van der Waals surface area contributed by atoms with Gasteiger partial charge in [-0.1, -0.05) is 0 Å². The first kappa shape index (κ1) is 31.0. The van der Waals surface area contributed by atoms with Crippen LogP contribution >= 0.6 is 0 Å². The van der Waals surface area contributed by atoms with Gasteiger partial charge in [0.05, 0.1) is 18.8 Å². The number of guanidine groups is 1. The highest BCUT2D eigenvalue weighted by molar-refractivity contribution is 5.94. The molecule has 0 rings (SSSR count). The van der Waals surface area contributed by atoms with Crippen LogP contribution in [0.15, 0.2) is 4.99 Å². The quantitative estimate of drug-likeness (QED) is 0.0525. The molecule has 0 aliphatic heterocycles. The molecule has 0 aromatic carbocycles. The van der Waals surface area contributed by atoms with Crippen molar-refractivity contribution in [3.05, 3.63) is 0 Å². The zero-order chi connectivity index (χ0) is 26.3. The number of carbonyl (C=O) groups excluding carboxylic acids is 3. The van der Waals surface area contributed by atoms with Crippen molar-refractivity contribution >= 4 is 29.7 Å². The van der Waals surface area contributed by atoms with Gasteiger partial charge in [-0.2, -0.15) is 0 Å². The molecule has 0 heterocycles. The molecule has 5 atom stereocenters. The first-order chi connectivity index (χ1) is 15.9. The fraction of sp³-hybridized carbons (Fsp3) is 0.737. The van der Waals surface area contributed by atoms with Gasteiger partial charge in [0.15, 0.2) is 5.96 Å². The third-order valence-corrected chi connectivity index (χ3v) is 4.74. The fourth-order valence-corrected chi connectivity index (χ4v) is 2.80. The Morgan fingerprint density at radius 2 is 1.53 bits per heavy atom. The summed E-state index contributed by atoms with van der Waals surface area (Å²) in [5.41, 5.74) is 21.8. The van der Waals surface area contributed by atoms with E-state index in [1.807, 2.05) is 5.32 Å². The number of nitrogens with one attached hydrogen (secondary N) is 3. The molecule has 0 aromatic rings. The largest absolute Gasteiger partial charge is 0.480 e. The zero-order valence-corrected chi connectivity index (χ0v) is 19.3. The molecule has 14 N–H and O–H groups in total. The SMILES string of the molecule is CC(O)C(NC(=O)C(CCCCN)NC(=O)C(N)CCCN=C(N)N)C(=O)NC(CO)C(=O)O. The normalized spacial score (nSPS) is 15.2. The maximum atomic E-state index is 12.8. The highest BCUT2D eigenvalue weighted by Crippen LogP contribution is 2.05. The Kier molecular flexibility index (Phi) is 15.1. The van der Waals surface area contributed by atoms with Crippen LogP contribution in [0.5, 0.6) is 0 Å². The number of carbonyl (C=O) groups is 4. The highest BCUT2D eigenvalue weighted by atomic mass is 16.4. The van der Waals surface area contributed by atoms with E-state index in [4.69, 9.17) is 33.1 Å². The molecule has 0 aliphatic rings. The number of aliphatic hydroxyl groups excluding tert-OH is 2. The van der Waals surface area contributed by atoms with Gasteiger partial charge in [-0.05, 0) is 45.6 Å². The Labute approximate surface area is 197 Å². The van der Waals surface area contributed by atoms with Crippen molar-refractivity contribution in [1.82, 2.24) is 16.0 Å². The van der Waals surface area contributed by atoms with Crippen LogP contribution in [0, 0.1) is 0 Å². The lowest BCUT2D eigenvalue weighted by molar-refractivity contribution is -0.144. The number of amides is 3. The molecular formula is C19H38N8O7. The van der Waals surface area contributed by atoms with Gasteiger partial charge in [-0.3, -0.25) is 19.4 Å². The summed E-state index contributed by atoms with van der Waals surface area (Å²) >= 11 is 0. The number of hydrogen-bond donors (Lipinski definition) is 10. The van der Waals surface area contributed by atoms with E-state index >= 15 is 0 Å². The average molecular weight is 491 g/mol. The van der Waals surface area contributed by atoms with Crippen molar-refractivity contribution in [2.45, 2.75) is 69.3 Å². The summed E-state index contributed by atoms with van der Waals surface area (Å²) in [5.74, 6) is -3.99. The molecular weight excluding hydrogens is 452 g/mol. The number of nitrogens with zero attached hydrogens (tertiary/aromatic N) is 1. The topological polar surface area (TPSA) is 282 Å². The van der Waals surface area contributed by atoms with Gasteiger partial charge in [0.2, 0.25) is 17.7 Å². The van der Waals surface area contributed by atoms with Crippen LogP contribution in [0.4, 0.5) is 0 Å². The Hall–Kier alpha value is -3.01. The number of aliphatic carboxylic acids is 1. The molecule has 0 radical (unpaired) electrons. The van der Waals surface area contributed by atoms with Crippen LogP contribution in [0.3, 0.4) is 0 Å². The van der Waals surface area contributed by atoms with Gasteiger partial charge in [0.25, 0.3) is 0 Å². The van der Waals surface area contributed by atoms with Crippen molar-refractivity contribution < 1.29 is 34.5 Å². The molecule has 0 saturated heterocycles. The lowest BCUT2D eigenvalue weighted by Crippen LogP contribution is -2.60. The highest BCUT2D eigenvalue weighted by Gasteiger charge is 2.32. The number of unbranched alkanes of at least 4 members (excludes halogenated alkanes) is 1. The van der Waals surface area contributed by atoms with E-state index in [9.17, 15) is 24.3 Å². The molecule has 15 nitrogen and oxygen atoms in total. The summed E-state index contributed by atoms with van der Waals surface area (Å²) in [4.78, 5) is 52.5. The smallest absolute Gasteiger partial charge is 0.328 e. The van der Waals surface area contributed by atoms with Crippen LogP contribution in [0.2, 0.25) is 0 Å². The standard InChI is InChI=1S/C19H38N8O7/c1-10(29)14(17(32)26-13(9-28)18(33)34)27-16(31)12(6-2-3-7-20)25-15(30)11(21)5-4-8-24-19(22)23/h10-14,28-29H,2-9,20-21H2,1H3,(H,25,30)(H,26,32)(H,27,31)(H,33,34)(H4,22,23,24). The lowest BCUT2D eigenvalue weighted by atomic mass is 10.0. The van der Waals surface area contributed by atoms with Crippen molar-refractivity contribution in [3.63, 3.8) is 0 Å². The number of rotatable bonds is 17. The maximum absolute atomic E-state index is 12.8. The van der Waals surface area contributed by atoms with E-state index in [1.54, 1.807) is 0 Å². The first-order valence-corrected chi connectivity index (χ1v) is 10.9. The van der Waals surface area contributed by atoms with Gasteiger partial charge < -0.3 is 54.2 Å². The number of hydrogen-bond acceptors (Lipinski definition) is 9. The second-order valence-electron chi connectivity index (χ2n) is 7.71. The molecule has 0 saturated carbocycles. The number of carboxylic acid groups (broad SMARTS) is 1. The molecule has 0 aliphatic carbocycles. The van der Waals surface area contributed by atoms with Crippen LogP contribution in [-0.4, -0.2) is 94.9 Å². The fourth-order valence-electron chi connectivity index (χ4n) is 2.80. The number of nitrogens with two attached hydrogens (primary N) is 4. The van der Waals surface area contributed by atoms with E-state index in [0.717, 1.165) is 0 Å². The average Bonchev–Trinajstić information content (AvgIpc) is 2.76. The van der Waals surface area contributed by atoms with E-state index < -0.39 is 60.6 Å². The Morgan fingerprint density at radius 3 is 2.03 bits per heavy atom. The minimum atomic E-state index is -1.62. The maximum Gasteiger partial charge on any atom is 0.328 e. The Balaban J connectivity index is 5.25. The van der Waals surface area contributed by atoms with E-state index in [0.29, 0.717) is 25.8 Å². The lowest BCUT2D eigenvalue weighted by Gasteiger charge is -2.26. The molecule has 5 unspecified atom stereocenters. The molecule has 0 fully saturated rings. The van der Waals surface area contributed by atoms with Gasteiger partial charge in [-0.15, -0.1) is 0 Å². The van der Waals surface area contributed by atoms with Gasteiger partial charge in [0, 0.05) is 6.54 Å². The van der Waals surface area contributed by atoms with Crippen molar-refractivity contribution in [1.29, 1.82) is 0 Å². The van der Waals surface area contributed by atoms with Crippen LogP contribution < -0.4 is 38.9 Å². The third kappa shape index (κ3) is 12.3. The van der Waals surface area contributed by atoms with Crippen LogP contribution in [0.1, 0.15) is 39.0 Å². The monoisotopic (exact) mass is 490 g/mol. The van der Waals surface area contributed by atoms with Gasteiger partial charge in [0.1, 0.15) is 18.1 Å². The van der Waals surface area contributed by atoms with Crippen molar-refractivity contribution in [3.8, 4) is 0 Å². The van der Waals surface area contributed by atoms with E-state index in [2.05, 4.69) is 15.6 Å². The second-order valence-corrected chi connectivity index (χ2v) is 7.71. The van der Waals surface area contributed by atoms with Crippen molar-refractivity contribution in [2.75, 3.05) is 19.7 Å². The second kappa shape index (κ2) is 16.6. The molecule has 0 aromatic heterocycles. The third-order valence-electron chi connectivity index (χ3n) is 4.74. The van der Waals surface area contributed by atoms with E-state index in [-0.39, 0.29) is 25.3 Å². The first-order valence-electron chi connectivity index (χ1n) is 10.9. The van der Waals surface area contributed by atoms with Crippen LogP contribution in [-0.2, 0) is 19.2 Å². The summed E-state index contributed by atoms with van der Waals surface area (Å²) < 4.78 is 0. The molecule has 0 spiro atoms. The number of aliphatic imine (C=N–C) groups is 1. The molecule has 3 amide bonds. The summed E-state index contributed by atoms with van der Waals surface area (Å²) in [6, 6.07) is -5.20. The Bertz CT molecular complexity index is 700. The predicted molar refractivity (Wildman–Crippen MR) is 123 cm³/mol. The van der Waals surface area contributed by atoms with Gasteiger partial charge >= 0.3 is 5.97 Å². The predicted octanol–water partition coefficient (Wildman–Crippen LogP) is -4.59. The summed E-state index contributed by atoms with van der Waals surface area (Å²) in [6.45, 7) is 0.970. The molecule has 0 bridgehead atoms. The van der Waals surface area contributed by atoms with E-state index in [1.165, 1.54) is 6.92 Å². The Morgan fingerprint density at radius 1 is 0.912 bits per heavy atom. The number of aliphatic hydroxyl groups is 2. The summed E-state index contributed by atoms with van der Waals surface area (Å²) in [5, 5.41) is 34.9. The minimum Gasteiger partial charge on any atom is -0.480 e. The zero-order valence-electron chi connectivity index (χ0n) is 19.3.